The molecule has 0 amide bonds. The molecule has 1 N–H and O–H groups in total. The molecule has 1 heterocycles. The van der Waals surface area contributed by atoms with Crippen molar-refractivity contribution in [1.29, 1.82) is 0 Å². The maximum atomic E-state index is 13.6. The molecule has 1 unspecified atom stereocenters. The van der Waals surface area contributed by atoms with Crippen molar-refractivity contribution in [3.05, 3.63) is 63.4 Å². The zero-order valence-corrected chi connectivity index (χ0v) is 24.2. The van der Waals surface area contributed by atoms with Gasteiger partial charge in [0, 0.05) is 13.6 Å². The number of nitrogens with zero attached hydrogens (tertiary/aromatic N) is 4. The Labute approximate surface area is 221 Å². The van der Waals surface area contributed by atoms with Crippen LogP contribution in [0.2, 0.25) is 10.0 Å². The lowest BCUT2D eigenvalue weighted by Gasteiger charge is -2.20. The van der Waals surface area contributed by atoms with Crippen molar-refractivity contribution in [1.82, 2.24) is 14.7 Å². The van der Waals surface area contributed by atoms with Crippen molar-refractivity contribution >= 4 is 39.3 Å². The van der Waals surface area contributed by atoms with Gasteiger partial charge in [-0.05, 0) is 66.0 Å². The fourth-order valence-corrected chi connectivity index (χ4v) is 6.52. The molecule has 9 heteroatoms. The van der Waals surface area contributed by atoms with Crippen LogP contribution in [0, 0.1) is 13.8 Å². The van der Waals surface area contributed by atoms with Crippen LogP contribution in [-0.2, 0) is 28.2 Å². The summed E-state index contributed by atoms with van der Waals surface area (Å²) < 4.78 is 27.7. The van der Waals surface area contributed by atoms with Crippen LogP contribution in [0.25, 0.3) is 11.1 Å². The van der Waals surface area contributed by atoms with Crippen molar-refractivity contribution in [3.8, 4) is 11.1 Å². The summed E-state index contributed by atoms with van der Waals surface area (Å²) in [5, 5.41) is 4.63. The van der Waals surface area contributed by atoms with Gasteiger partial charge < -0.3 is 0 Å². The van der Waals surface area contributed by atoms with Crippen LogP contribution in [0.15, 0.2) is 41.3 Å². The van der Waals surface area contributed by atoms with E-state index in [-0.39, 0.29) is 14.9 Å². The summed E-state index contributed by atoms with van der Waals surface area (Å²) in [4.78, 5) is 2.33. The molecule has 0 bridgehead atoms. The summed E-state index contributed by atoms with van der Waals surface area (Å²) in [6.45, 7) is 14.7. The predicted octanol–water partition coefficient (Wildman–Crippen LogP) is 7.26. The van der Waals surface area contributed by atoms with E-state index in [0.717, 1.165) is 36.5 Å². The molecule has 0 fully saturated rings. The maximum Gasteiger partial charge on any atom is 0.351 e. The molecule has 0 radical (unpaired) electrons. The minimum Gasteiger partial charge on any atom is -0.300 e. The van der Waals surface area contributed by atoms with Crippen LogP contribution in [-0.4, -0.2) is 39.4 Å². The van der Waals surface area contributed by atoms with E-state index in [1.165, 1.54) is 9.87 Å². The van der Waals surface area contributed by atoms with Crippen LogP contribution >= 0.6 is 23.2 Å². The molecule has 0 spiro atoms. The highest BCUT2D eigenvalue weighted by Gasteiger charge is 2.43. The first kappa shape index (κ1) is 29.3. The standard InChI is InChI=1S/C24H30Cl2N4O2S.C2H6/c1-7-30(8-2)15-18-10-9-11-19(12-18)20-13-21(25)24(22(26)14-20)33(31,32)29(6)23-16(3)27-28(5)17(23)4;1-2/h9-14H,7-8,15H2,1-6H3;1-2H3/p+1. The normalized spacial score (nSPS) is 12.8. The molecule has 2 aromatic carbocycles. The third-order valence-corrected chi connectivity index (χ3v) is 8.70. The molecule has 1 atom stereocenters. The van der Waals surface area contributed by atoms with Crippen LogP contribution in [0.1, 0.15) is 44.6 Å². The number of aryl methyl sites for hydroxylation is 2. The summed E-state index contributed by atoms with van der Waals surface area (Å²) in [6, 6.07) is 11.6. The fraction of sp³-hybridized carbons (Fsp3) is 0.423. The highest BCUT2D eigenvalue weighted by atomic mass is 35.5. The zero-order chi connectivity index (χ0) is 26.5. The summed E-state index contributed by atoms with van der Waals surface area (Å²) >= 11 is 13.2. The molecular formula is C26H37Cl2N4O2S+. The van der Waals surface area contributed by atoms with E-state index in [0.29, 0.717) is 11.4 Å². The van der Waals surface area contributed by atoms with Gasteiger partial charge in [-0.1, -0.05) is 69.1 Å². The van der Waals surface area contributed by atoms with Gasteiger partial charge in [-0.3, -0.25) is 9.58 Å². The van der Waals surface area contributed by atoms with E-state index in [1.54, 1.807) is 37.8 Å². The van der Waals surface area contributed by atoms with Crippen molar-refractivity contribution in [2.75, 3.05) is 24.4 Å². The number of aromatic nitrogens is 2. The first-order valence-corrected chi connectivity index (χ1v) is 14.0. The average molecular weight is 541 g/mol. The number of halogens is 2. The molecule has 0 aliphatic rings. The molecule has 0 saturated heterocycles. The Morgan fingerprint density at radius 2 is 1.60 bits per heavy atom. The molecule has 35 heavy (non-hydrogen) atoms. The second kappa shape index (κ2) is 12.4. The maximum absolute atomic E-state index is 13.6. The van der Waals surface area contributed by atoms with E-state index in [9.17, 15) is 8.76 Å². The van der Waals surface area contributed by atoms with E-state index in [1.807, 2.05) is 32.9 Å². The van der Waals surface area contributed by atoms with E-state index in [2.05, 4.69) is 36.0 Å². The molecule has 3 rings (SSSR count). The van der Waals surface area contributed by atoms with Gasteiger partial charge in [0.25, 0.3) is 4.90 Å². The highest BCUT2D eigenvalue weighted by Crippen LogP contribution is 2.40. The Balaban J connectivity index is 0.00000210. The average Bonchev–Trinajstić information content (AvgIpc) is 3.08. The zero-order valence-electron chi connectivity index (χ0n) is 21.9. The molecule has 192 valence electrons. The van der Waals surface area contributed by atoms with E-state index < -0.39 is 10.4 Å². The summed E-state index contributed by atoms with van der Waals surface area (Å²) in [6.07, 6.45) is 0. The number of hydrogen-bond acceptors (Lipinski definition) is 3. The van der Waals surface area contributed by atoms with Crippen molar-refractivity contribution in [3.63, 3.8) is 0 Å². The Morgan fingerprint density at radius 1 is 1.03 bits per heavy atom. The lowest BCUT2D eigenvalue weighted by molar-refractivity contribution is 0.296. The smallest absolute Gasteiger partial charge is 0.300 e. The number of rotatable bonds is 8. The molecule has 0 aliphatic carbocycles. The first-order chi connectivity index (χ1) is 16.5. The minimum atomic E-state index is -3.76. The number of hydrogen-bond donors (Lipinski definition) is 1. The quantitative estimate of drug-likeness (QED) is 0.306. The van der Waals surface area contributed by atoms with Gasteiger partial charge in [-0.25, -0.2) is 0 Å². The predicted molar refractivity (Wildman–Crippen MR) is 150 cm³/mol. The topological polar surface area (TPSA) is 61.6 Å². The summed E-state index contributed by atoms with van der Waals surface area (Å²) in [5.41, 5.74) is 4.92. The fourth-order valence-electron chi connectivity index (χ4n) is 4.01. The third kappa shape index (κ3) is 6.27. The van der Waals surface area contributed by atoms with Crippen LogP contribution in [0.5, 0.6) is 0 Å². The lowest BCUT2D eigenvalue weighted by atomic mass is 10.0. The molecular weight excluding hydrogens is 503 g/mol. The number of anilines is 1. The van der Waals surface area contributed by atoms with Gasteiger partial charge in [0.15, 0.2) is 0 Å². The minimum absolute atomic E-state index is 0.000896. The molecule has 6 nitrogen and oxygen atoms in total. The molecule has 1 aromatic heterocycles. The third-order valence-electron chi connectivity index (χ3n) is 5.98. The van der Waals surface area contributed by atoms with Crippen LogP contribution < -0.4 is 4.31 Å². The second-order valence-electron chi connectivity index (χ2n) is 8.07. The highest BCUT2D eigenvalue weighted by molar-refractivity contribution is 7.99. The molecule has 3 aromatic rings. The Kier molecular flexibility index (Phi) is 10.4. The van der Waals surface area contributed by atoms with Gasteiger partial charge in [0.2, 0.25) is 0 Å². The van der Waals surface area contributed by atoms with Crippen molar-refractivity contribution in [2.24, 2.45) is 7.05 Å². The Bertz CT molecular complexity index is 1190. The van der Waals surface area contributed by atoms with Gasteiger partial charge in [0.1, 0.15) is 15.7 Å². The number of benzene rings is 2. The van der Waals surface area contributed by atoms with Crippen LogP contribution in [0.3, 0.4) is 0 Å². The Morgan fingerprint density at radius 3 is 2.09 bits per heavy atom. The molecule has 0 saturated carbocycles. The molecule has 0 aliphatic heterocycles. The Hall–Kier alpha value is -1.90. The van der Waals surface area contributed by atoms with Crippen molar-refractivity contribution < 1.29 is 8.76 Å². The van der Waals surface area contributed by atoms with Gasteiger partial charge in [-0.2, -0.15) is 14.0 Å². The monoisotopic (exact) mass is 539 g/mol. The van der Waals surface area contributed by atoms with Gasteiger partial charge in [0.05, 0.1) is 18.4 Å². The first-order valence-electron chi connectivity index (χ1n) is 11.8. The summed E-state index contributed by atoms with van der Waals surface area (Å²) in [5.74, 6) is 0. The van der Waals surface area contributed by atoms with Gasteiger partial charge in [-0.15, -0.1) is 0 Å². The second-order valence-corrected chi connectivity index (χ2v) is 10.8. The van der Waals surface area contributed by atoms with Crippen LogP contribution in [0.4, 0.5) is 5.69 Å². The summed E-state index contributed by atoms with van der Waals surface area (Å²) in [7, 11) is -0.410. The van der Waals surface area contributed by atoms with E-state index in [4.69, 9.17) is 23.2 Å². The van der Waals surface area contributed by atoms with Crippen molar-refractivity contribution in [2.45, 2.75) is 53.0 Å². The van der Waals surface area contributed by atoms with Gasteiger partial charge >= 0.3 is 10.4 Å². The van der Waals surface area contributed by atoms with E-state index >= 15 is 0 Å². The largest absolute Gasteiger partial charge is 0.351 e. The SMILES string of the molecule is CC.CCN(CC)Cc1cccc(-c2cc(Cl)c([S+](=O)(O)N(C)c3c(C)nn(C)c3C)c(Cl)c2)c1. The lowest BCUT2D eigenvalue weighted by Crippen LogP contribution is -2.33.